The summed E-state index contributed by atoms with van der Waals surface area (Å²) >= 11 is 0. The van der Waals surface area contributed by atoms with Gasteiger partial charge in [0, 0.05) is 6.04 Å². The van der Waals surface area contributed by atoms with Gasteiger partial charge >= 0.3 is 12.3 Å². The number of carbonyl (C=O) groups is 1. The van der Waals surface area contributed by atoms with E-state index >= 15 is 0 Å². The molecule has 4 nitrogen and oxygen atoms in total. The number of hydrogen-bond donors (Lipinski definition) is 2. The lowest BCUT2D eigenvalue weighted by atomic mass is 10.0. The number of nitrogens with two attached hydrogens (primary N) is 1. The summed E-state index contributed by atoms with van der Waals surface area (Å²) in [6.07, 6.45) is -5.15. The van der Waals surface area contributed by atoms with Crippen molar-refractivity contribution in [1.29, 1.82) is 0 Å². The molecular weight excluding hydrogens is 239 g/mol. The molecule has 94 valence electrons. The molecule has 1 aromatic rings. The number of hydrogen-bond acceptors (Lipinski definition) is 3. The summed E-state index contributed by atoms with van der Waals surface area (Å²) in [6, 6.07) is 4.07. The predicted molar refractivity (Wildman–Crippen MR) is 52.3 cm³/mol. The van der Waals surface area contributed by atoms with Crippen molar-refractivity contribution in [2.75, 3.05) is 0 Å². The lowest BCUT2D eigenvalue weighted by Gasteiger charge is -2.13. The van der Waals surface area contributed by atoms with Gasteiger partial charge in [-0.25, -0.2) is 0 Å². The molecule has 0 radical (unpaired) electrons. The van der Waals surface area contributed by atoms with Crippen molar-refractivity contribution in [3.63, 3.8) is 0 Å². The minimum Gasteiger partial charge on any atom is -0.481 e. The van der Waals surface area contributed by atoms with Crippen LogP contribution >= 0.6 is 0 Å². The van der Waals surface area contributed by atoms with Crippen LogP contribution in [0, 0.1) is 0 Å². The molecule has 7 heteroatoms. The quantitative estimate of drug-likeness (QED) is 0.856. The average Bonchev–Trinajstić information content (AvgIpc) is 2.14. The van der Waals surface area contributed by atoms with E-state index in [0.29, 0.717) is 0 Å². The van der Waals surface area contributed by atoms with Crippen LogP contribution in [-0.2, 0) is 4.79 Å². The fourth-order valence-corrected chi connectivity index (χ4v) is 1.25. The molecular formula is C10H10F3NO3. The van der Waals surface area contributed by atoms with Gasteiger partial charge in [0.05, 0.1) is 6.42 Å². The summed E-state index contributed by atoms with van der Waals surface area (Å²) in [5.74, 6) is -1.55. The van der Waals surface area contributed by atoms with Crippen LogP contribution in [0.4, 0.5) is 13.2 Å². The molecule has 1 atom stereocenters. The molecule has 0 aliphatic heterocycles. The Balaban J connectivity index is 2.82. The van der Waals surface area contributed by atoms with Gasteiger partial charge in [-0.15, -0.1) is 13.2 Å². The highest BCUT2D eigenvalue weighted by Gasteiger charge is 2.31. The Morgan fingerprint density at radius 1 is 1.47 bits per heavy atom. The first-order valence-corrected chi connectivity index (χ1v) is 4.61. The smallest absolute Gasteiger partial charge is 0.481 e. The Hall–Kier alpha value is -1.76. The first-order chi connectivity index (χ1) is 7.78. The molecule has 0 saturated heterocycles. The molecule has 1 rings (SSSR count). The Labute approximate surface area is 94.8 Å². The van der Waals surface area contributed by atoms with Crippen molar-refractivity contribution in [3.05, 3.63) is 29.8 Å². The third-order valence-electron chi connectivity index (χ3n) is 1.91. The van der Waals surface area contributed by atoms with E-state index in [4.69, 9.17) is 10.8 Å². The van der Waals surface area contributed by atoms with Crippen LogP contribution in [0.3, 0.4) is 0 Å². The minimum atomic E-state index is -4.78. The topological polar surface area (TPSA) is 72.6 Å². The average molecular weight is 249 g/mol. The molecule has 1 aromatic carbocycles. The van der Waals surface area contributed by atoms with Gasteiger partial charge in [0.25, 0.3) is 0 Å². The van der Waals surface area contributed by atoms with Crippen molar-refractivity contribution in [1.82, 2.24) is 0 Å². The van der Waals surface area contributed by atoms with Crippen LogP contribution in [0.5, 0.6) is 5.75 Å². The van der Waals surface area contributed by atoms with Crippen LogP contribution in [-0.4, -0.2) is 17.4 Å². The molecule has 0 fully saturated rings. The monoisotopic (exact) mass is 249 g/mol. The molecule has 0 saturated carbocycles. The second kappa shape index (κ2) is 5.05. The Morgan fingerprint density at radius 2 is 2.12 bits per heavy atom. The van der Waals surface area contributed by atoms with Gasteiger partial charge in [0.15, 0.2) is 0 Å². The van der Waals surface area contributed by atoms with Crippen molar-refractivity contribution in [2.45, 2.75) is 18.8 Å². The third kappa shape index (κ3) is 4.73. The van der Waals surface area contributed by atoms with Crippen molar-refractivity contribution >= 4 is 5.97 Å². The summed E-state index contributed by atoms with van der Waals surface area (Å²) in [6.45, 7) is 0. The van der Waals surface area contributed by atoms with Gasteiger partial charge in [-0.3, -0.25) is 4.79 Å². The fourth-order valence-electron chi connectivity index (χ4n) is 1.25. The molecule has 3 N–H and O–H groups in total. The van der Waals surface area contributed by atoms with E-state index in [1.165, 1.54) is 12.1 Å². The number of alkyl halides is 3. The van der Waals surface area contributed by atoms with E-state index in [1.807, 2.05) is 0 Å². The predicted octanol–water partition coefficient (Wildman–Crippen LogP) is 2.06. The minimum absolute atomic E-state index is 0.272. The second-order valence-electron chi connectivity index (χ2n) is 3.32. The zero-order valence-electron chi connectivity index (χ0n) is 8.57. The zero-order chi connectivity index (χ0) is 13.1. The highest BCUT2D eigenvalue weighted by molar-refractivity contribution is 5.67. The number of benzene rings is 1. The first kappa shape index (κ1) is 13.3. The zero-order valence-corrected chi connectivity index (χ0v) is 8.57. The number of carboxylic acids is 1. The molecule has 0 amide bonds. The molecule has 0 aliphatic carbocycles. The van der Waals surface area contributed by atoms with Crippen molar-refractivity contribution in [3.8, 4) is 5.75 Å². The maximum absolute atomic E-state index is 11.9. The van der Waals surface area contributed by atoms with Gasteiger partial charge < -0.3 is 15.6 Å². The Morgan fingerprint density at radius 3 is 2.65 bits per heavy atom. The fraction of sp³-hybridized carbons (Fsp3) is 0.300. The van der Waals surface area contributed by atoms with Gasteiger partial charge in [0.2, 0.25) is 0 Å². The first-order valence-electron chi connectivity index (χ1n) is 4.61. The maximum atomic E-state index is 11.9. The summed E-state index contributed by atoms with van der Waals surface area (Å²) in [4.78, 5) is 10.4. The maximum Gasteiger partial charge on any atom is 0.573 e. The van der Waals surface area contributed by atoms with E-state index in [2.05, 4.69) is 4.74 Å². The lowest BCUT2D eigenvalue weighted by molar-refractivity contribution is -0.274. The Bertz CT molecular complexity index is 406. The lowest BCUT2D eigenvalue weighted by Crippen LogP contribution is -2.18. The van der Waals surface area contributed by atoms with E-state index in [9.17, 15) is 18.0 Å². The molecule has 0 unspecified atom stereocenters. The van der Waals surface area contributed by atoms with E-state index in [-0.39, 0.29) is 12.0 Å². The van der Waals surface area contributed by atoms with Gasteiger partial charge in [-0.2, -0.15) is 0 Å². The number of carboxylic acid groups (broad SMARTS) is 1. The second-order valence-corrected chi connectivity index (χ2v) is 3.32. The van der Waals surface area contributed by atoms with E-state index in [1.54, 1.807) is 0 Å². The summed E-state index contributed by atoms with van der Waals surface area (Å²) < 4.78 is 39.5. The SMILES string of the molecule is N[C@@H](CC(=O)O)c1cccc(OC(F)(F)F)c1. The number of halogens is 3. The molecule has 0 bridgehead atoms. The third-order valence-corrected chi connectivity index (χ3v) is 1.91. The standard InChI is InChI=1S/C10H10F3NO3/c11-10(12,13)17-7-3-1-2-6(4-7)8(14)5-9(15)16/h1-4,8H,5,14H2,(H,15,16)/t8-/m0/s1. The van der Waals surface area contributed by atoms with Gasteiger partial charge in [-0.05, 0) is 17.7 Å². The van der Waals surface area contributed by atoms with Crippen LogP contribution in [0.15, 0.2) is 24.3 Å². The summed E-state index contributed by atoms with van der Waals surface area (Å²) in [5.41, 5.74) is 5.78. The molecule has 0 spiro atoms. The number of rotatable bonds is 4. The molecule has 0 heterocycles. The van der Waals surface area contributed by atoms with Crippen LogP contribution < -0.4 is 10.5 Å². The number of ether oxygens (including phenoxy) is 1. The highest BCUT2D eigenvalue weighted by atomic mass is 19.4. The van der Waals surface area contributed by atoms with Crippen molar-refractivity contribution in [2.24, 2.45) is 5.73 Å². The molecule has 17 heavy (non-hydrogen) atoms. The van der Waals surface area contributed by atoms with Crippen molar-refractivity contribution < 1.29 is 27.8 Å². The van der Waals surface area contributed by atoms with Gasteiger partial charge in [-0.1, -0.05) is 12.1 Å². The molecule has 0 aromatic heterocycles. The van der Waals surface area contributed by atoms with Crippen LogP contribution in [0.2, 0.25) is 0 Å². The van der Waals surface area contributed by atoms with Crippen LogP contribution in [0.25, 0.3) is 0 Å². The number of aliphatic carboxylic acids is 1. The largest absolute Gasteiger partial charge is 0.573 e. The molecule has 0 aliphatic rings. The van der Waals surface area contributed by atoms with E-state index < -0.39 is 24.1 Å². The van der Waals surface area contributed by atoms with E-state index in [0.717, 1.165) is 12.1 Å². The van der Waals surface area contributed by atoms with Gasteiger partial charge in [0.1, 0.15) is 5.75 Å². The summed E-state index contributed by atoms with van der Waals surface area (Å²) in [7, 11) is 0. The summed E-state index contributed by atoms with van der Waals surface area (Å²) in [5, 5.41) is 8.51. The Kier molecular flexibility index (Phi) is 3.95. The normalized spacial score (nSPS) is 13.2. The van der Waals surface area contributed by atoms with Crippen LogP contribution in [0.1, 0.15) is 18.0 Å². The highest BCUT2D eigenvalue weighted by Crippen LogP contribution is 2.25.